The number of amides is 2. The summed E-state index contributed by atoms with van der Waals surface area (Å²) in [5.41, 5.74) is 0.871. The predicted molar refractivity (Wildman–Crippen MR) is 184 cm³/mol. The summed E-state index contributed by atoms with van der Waals surface area (Å²) < 4.78 is 25.5. The van der Waals surface area contributed by atoms with Crippen LogP contribution in [0.15, 0.2) is 42.5 Å². The van der Waals surface area contributed by atoms with Crippen LogP contribution in [0.5, 0.6) is 0 Å². The number of nitrogens with zero attached hydrogens (tertiary/aromatic N) is 1. The molecule has 2 aromatic carbocycles. The second kappa shape index (κ2) is 18.2. The monoisotopic (exact) mass is 663 g/mol. The van der Waals surface area contributed by atoms with Crippen LogP contribution in [0.2, 0.25) is 0 Å². The van der Waals surface area contributed by atoms with Gasteiger partial charge in [0.05, 0.1) is 23.8 Å². The van der Waals surface area contributed by atoms with E-state index in [1.165, 1.54) is 0 Å². The highest BCUT2D eigenvalue weighted by Crippen LogP contribution is 2.23. The highest BCUT2D eigenvalue weighted by molar-refractivity contribution is 7.99. The van der Waals surface area contributed by atoms with Crippen LogP contribution < -0.4 is 10.6 Å². The van der Waals surface area contributed by atoms with Crippen LogP contribution in [0.1, 0.15) is 58.9 Å². The third-order valence-electron chi connectivity index (χ3n) is 8.50. The van der Waals surface area contributed by atoms with Crippen LogP contribution in [0.25, 0.3) is 10.8 Å². The molecule has 0 spiro atoms. The number of β-amino-alcohol motifs (C(OH)–C–C–N with tert-alkyl or cyclic N) is 1. The van der Waals surface area contributed by atoms with Crippen LogP contribution in [0.3, 0.4) is 0 Å². The maximum atomic E-state index is 13.8. The van der Waals surface area contributed by atoms with E-state index in [9.17, 15) is 28.2 Å². The quantitative estimate of drug-likeness (QED) is 0.191. The molecule has 0 bridgehead atoms. The van der Waals surface area contributed by atoms with Gasteiger partial charge in [-0.1, -0.05) is 83.0 Å². The summed E-state index contributed by atoms with van der Waals surface area (Å²) in [6, 6.07) is 12.0. The number of rotatable bonds is 18. The summed E-state index contributed by atoms with van der Waals surface area (Å²) in [4.78, 5) is 29.7. The van der Waals surface area contributed by atoms with Crippen molar-refractivity contribution in [1.29, 1.82) is 0 Å². The van der Waals surface area contributed by atoms with Gasteiger partial charge < -0.3 is 20.8 Å². The van der Waals surface area contributed by atoms with Gasteiger partial charge in [-0.05, 0) is 41.5 Å². The van der Waals surface area contributed by atoms with E-state index in [1.807, 2.05) is 75.0 Å². The zero-order chi connectivity index (χ0) is 33.0. The first-order valence-electron chi connectivity index (χ1n) is 16.4. The van der Waals surface area contributed by atoms with Crippen molar-refractivity contribution in [3.8, 4) is 0 Å². The second-order valence-electron chi connectivity index (χ2n) is 12.7. The Labute approximate surface area is 273 Å². The largest absolute Gasteiger partial charge is 0.389 e. The summed E-state index contributed by atoms with van der Waals surface area (Å²) in [5, 5.41) is 29.9. The maximum Gasteiger partial charge on any atom is 0.242 e. The van der Waals surface area contributed by atoms with E-state index in [4.69, 9.17) is 0 Å². The van der Waals surface area contributed by atoms with Gasteiger partial charge in [0.15, 0.2) is 9.84 Å². The molecule has 2 unspecified atom stereocenters. The summed E-state index contributed by atoms with van der Waals surface area (Å²) >= 11 is 1.87. The Hall–Kier alpha value is -2.18. The number of unbranched alkanes of at least 4 members (excludes halogenated alkanes) is 1. The van der Waals surface area contributed by atoms with Gasteiger partial charge in [-0.15, -0.1) is 0 Å². The lowest BCUT2D eigenvalue weighted by Crippen LogP contribution is -2.57. The van der Waals surface area contributed by atoms with E-state index in [0.717, 1.165) is 47.4 Å². The molecule has 1 saturated heterocycles. The van der Waals surface area contributed by atoms with Gasteiger partial charge in [0.1, 0.15) is 12.1 Å². The van der Waals surface area contributed by atoms with Crippen molar-refractivity contribution in [2.75, 3.05) is 42.6 Å². The number of hydrogen-bond acceptors (Lipinski definition) is 8. The SMILES string of the molecule is CCCC[C@H](NC(=O)[C@H](Cc1cccc2ccccc12)CS(=O)(=O)CC)C(=O)N[C@@H](CC(C)C)C(O)C(O)CN1CCSCC1. The summed E-state index contributed by atoms with van der Waals surface area (Å²) in [6.45, 7) is 9.55. The molecule has 2 amide bonds. The molecule has 2 aromatic rings. The number of carbonyl (C=O) groups excluding carboxylic acids is 2. The number of sulfone groups is 1. The van der Waals surface area contributed by atoms with Gasteiger partial charge in [-0.3, -0.25) is 14.5 Å². The van der Waals surface area contributed by atoms with E-state index in [2.05, 4.69) is 15.5 Å². The molecule has 252 valence electrons. The summed E-state index contributed by atoms with van der Waals surface area (Å²) in [5.74, 6) is -0.124. The molecule has 4 N–H and O–H groups in total. The van der Waals surface area contributed by atoms with E-state index >= 15 is 0 Å². The predicted octanol–water partition coefficient (Wildman–Crippen LogP) is 3.41. The fourth-order valence-corrected chi connectivity index (χ4v) is 7.95. The van der Waals surface area contributed by atoms with Gasteiger partial charge >= 0.3 is 0 Å². The lowest BCUT2D eigenvalue weighted by molar-refractivity contribution is -0.132. The molecular weight excluding hydrogens is 611 g/mol. The van der Waals surface area contributed by atoms with Crippen LogP contribution in [-0.2, 0) is 25.8 Å². The van der Waals surface area contributed by atoms with Gasteiger partial charge in [-0.2, -0.15) is 11.8 Å². The molecule has 5 atom stereocenters. The Morgan fingerprint density at radius 2 is 1.67 bits per heavy atom. The number of fused-ring (bicyclic) bond motifs is 1. The van der Waals surface area contributed by atoms with Crippen LogP contribution in [0.4, 0.5) is 0 Å². The topological polar surface area (TPSA) is 136 Å². The minimum atomic E-state index is -3.50. The first-order valence-corrected chi connectivity index (χ1v) is 19.4. The first-order chi connectivity index (χ1) is 21.4. The molecule has 1 aliphatic rings. The first kappa shape index (κ1) is 37.3. The van der Waals surface area contributed by atoms with Gasteiger partial charge in [0, 0.05) is 36.9 Å². The molecule has 45 heavy (non-hydrogen) atoms. The van der Waals surface area contributed by atoms with E-state index in [1.54, 1.807) is 6.92 Å². The zero-order valence-corrected chi connectivity index (χ0v) is 28.9. The van der Waals surface area contributed by atoms with Gasteiger partial charge in [0.2, 0.25) is 11.8 Å². The minimum absolute atomic E-state index is 0.0839. The molecule has 0 radical (unpaired) electrons. The van der Waals surface area contributed by atoms with Crippen molar-refractivity contribution in [3.63, 3.8) is 0 Å². The molecule has 0 aromatic heterocycles. The molecule has 9 nitrogen and oxygen atoms in total. The Bertz CT molecular complexity index is 1330. The van der Waals surface area contributed by atoms with Crippen LogP contribution in [-0.4, -0.2) is 102 Å². The second-order valence-corrected chi connectivity index (χ2v) is 16.3. The highest BCUT2D eigenvalue weighted by Gasteiger charge is 2.34. The van der Waals surface area contributed by atoms with E-state index in [0.29, 0.717) is 25.8 Å². The number of nitrogens with one attached hydrogen (secondary N) is 2. The lowest BCUT2D eigenvalue weighted by Gasteiger charge is -2.34. The Balaban J connectivity index is 1.80. The number of aliphatic hydroxyl groups excluding tert-OH is 2. The molecule has 11 heteroatoms. The Morgan fingerprint density at radius 3 is 2.33 bits per heavy atom. The van der Waals surface area contributed by atoms with E-state index < -0.39 is 51.9 Å². The number of benzene rings is 2. The molecule has 1 heterocycles. The van der Waals surface area contributed by atoms with Crippen molar-refractivity contribution in [2.45, 2.75) is 84.1 Å². The molecule has 0 aliphatic carbocycles. The van der Waals surface area contributed by atoms with Crippen molar-refractivity contribution in [3.05, 3.63) is 48.0 Å². The standard InChI is InChI=1S/C34H53N3O6S2/c1-5-7-15-29(34(41)36-30(20-24(3)4)32(39)31(38)22-37-16-18-44-19-17-37)35-33(40)27(23-45(42,43)6-2)21-26-13-10-12-25-11-8-9-14-28(25)26/h8-14,24,27,29-32,38-39H,5-7,15-23H2,1-4H3,(H,35,40)(H,36,41)/t27-,29+,30+,31?,32?/m1/s1. The maximum absolute atomic E-state index is 13.8. The fraction of sp³-hybridized carbons (Fsp3) is 0.647. The number of aliphatic hydroxyl groups is 2. The molecule has 3 rings (SSSR count). The fourth-order valence-electron chi connectivity index (χ4n) is 5.85. The number of thioether (sulfide) groups is 1. The Morgan fingerprint density at radius 1 is 0.978 bits per heavy atom. The van der Waals surface area contributed by atoms with Crippen LogP contribution >= 0.6 is 11.8 Å². The van der Waals surface area contributed by atoms with Crippen LogP contribution in [0, 0.1) is 11.8 Å². The molecule has 1 aliphatic heterocycles. The van der Waals surface area contributed by atoms with E-state index in [-0.39, 0.29) is 23.8 Å². The summed E-state index contributed by atoms with van der Waals surface area (Å²) in [7, 11) is -3.50. The average molecular weight is 664 g/mol. The normalized spacial score (nSPS) is 17.8. The zero-order valence-electron chi connectivity index (χ0n) is 27.3. The molecule has 1 fully saturated rings. The third kappa shape index (κ3) is 11.8. The third-order valence-corrected chi connectivity index (χ3v) is 11.2. The Kier molecular flexibility index (Phi) is 15.1. The summed E-state index contributed by atoms with van der Waals surface area (Å²) in [6.07, 6.45) is 0.291. The van der Waals surface area contributed by atoms with Crippen molar-refractivity contribution >= 4 is 44.2 Å². The van der Waals surface area contributed by atoms with Crippen molar-refractivity contribution in [1.82, 2.24) is 15.5 Å². The van der Waals surface area contributed by atoms with Crippen molar-refractivity contribution < 1.29 is 28.2 Å². The highest BCUT2D eigenvalue weighted by atomic mass is 32.2. The molecule has 0 saturated carbocycles. The van der Waals surface area contributed by atoms with Crippen molar-refractivity contribution in [2.24, 2.45) is 11.8 Å². The smallest absolute Gasteiger partial charge is 0.242 e. The average Bonchev–Trinajstić information content (AvgIpc) is 3.02. The van der Waals surface area contributed by atoms with Gasteiger partial charge in [0.25, 0.3) is 0 Å². The molecular formula is C34H53N3O6S2. The minimum Gasteiger partial charge on any atom is -0.389 e. The number of carbonyl (C=O) groups is 2. The van der Waals surface area contributed by atoms with Gasteiger partial charge in [-0.25, -0.2) is 8.42 Å². The lowest BCUT2D eigenvalue weighted by atomic mass is 9.94. The number of hydrogen-bond donors (Lipinski definition) is 4.